The van der Waals surface area contributed by atoms with Crippen molar-refractivity contribution in [2.24, 2.45) is 0 Å². The average Bonchev–Trinajstić information content (AvgIpc) is 2.84. The molecule has 0 heterocycles. The van der Waals surface area contributed by atoms with E-state index in [2.05, 4.69) is 68.2 Å². The van der Waals surface area contributed by atoms with Gasteiger partial charge in [0, 0.05) is 10.9 Å². The van der Waals surface area contributed by atoms with Gasteiger partial charge in [-0.25, -0.2) is 4.39 Å². The summed E-state index contributed by atoms with van der Waals surface area (Å²) < 4.78 is 15.1. The van der Waals surface area contributed by atoms with Crippen molar-refractivity contribution in [1.82, 2.24) is 0 Å². The maximum absolute atomic E-state index is 15.1. The molecule has 0 nitrogen and oxygen atoms in total. The lowest BCUT2D eigenvalue weighted by molar-refractivity contribution is 0.636. The highest BCUT2D eigenvalue weighted by Gasteiger charge is 2.07. The smallest absolute Gasteiger partial charge is 0.146 e. The number of halogens is 1. The van der Waals surface area contributed by atoms with Gasteiger partial charge in [-0.15, -0.1) is 0 Å². The third-order valence-electron chi connectivity index (χ3n) is 6.21. The number of rotatable bonds is 7. The molecule has 4 aromatic carbocycles. The highest BCUT2D eigenvalue weighted by atomic mass is 19.1. The van der Waals surface area contributed by atoms with E-state index in [0.717, 1.165) is 30.2 Å². The fourth-order valence-corrected chi connectivity index (χ4v) is 4.11. The summed E-state index contributed by atoms with van der Waals surface area (Å²) in [5.74, 6) is 5.92. The number of aryl methyl sites for hydroxylation is 4. The summed E-state index contributed by atoms with van der Waals surface area (Å²) in [5.41, 5.74) is 6.52. The molecule has 0 atom stereocenters. The molecule has 0 saturated carbocycles. The minimum Gasteiger partial charge on any atom is -0.205 e. The van der Waals surface area contributed by atoms with Crippen molar-refractivity contribution in [3.63, 3.8) is 0 Å². The molecule has 4 rings (SSSR count). The van der Waals surface area contributed by atoms with Crippen LogP contribution in [0.25, 0.3) is 10.8 Å². The van der Waals surface area contributed by atoms with Gasteiger partial charge in [-0.1, -0.05) is 97.8 Å². The Morgan fingerprint density at radius 1 is 0.667 bits per heavy atom. The monoisotopic (exact) mass is 434 g/mol. The van der Waals surface area contributed by atoms with Crippen molar-refractivity contribution >= 4 is 10.8 Å². The number of benzene rings is 4. The van der Waals surface area contributed by atoms with Gasteiger partial charge in [0.1, 0.15) is 5.82 Å². The van der Waals surface area contributed by atoms with Gasteiger partial charge in [-0.2, -0.15) is 0 Å². The summed E-state index contributed by atoms with van der Waals surface area (Å²) in [6.07, 6.45) is 6.74. The zero-order chi connectivity index (χ0) is 23.0. The van der Waals surface area contributed by atoms with E-state index >= 15 is 4.39 Å². The van der Waals surface area contributed by atoms with Gasteiger partial charge in [0.25, 0.3) is 0 Å². The van der Waals surface area contributed by atoms with Crippen LogP contribution in [0.3, 0.4) is 0 Å². The molecule has 0 aliphatic rings. The molecular formula is C32H31F. The van der Waals surface area contributed by atoms with Crippen LogP contribution in [0.5, 0.6) is 0 Å². The van der Waals surface area contributed by atoms with Gasteiger partial charge < -0.3 is 0 Å². The van der Waals surface area contributed by atoms with Crippen LogP contribution in [-0.2, 0) is 19.3 Å². The highest BCUT2D eigenvalue weighted by Crippen LogP contribution is 2.23. The molecule has 0 spiro atoms. The lowest BCUT2D eigenvalue weighted by atomic mass is 9.99. The summed E-state index contributed by atoms with van der Waals surface area (Å²) in [7, 11) is 0. The van der Waals surface area contributed by atoms with Gasteiger partial charge in [0.15, 0.2) is 0 Å². The first-order valence-corrected chi connectivity index (χ1v) is 12.0. The van der Waals surface area contributed by atoms with Crippen LogP contribution in [0, 0.1) is 24.6 Å². The van der Waals surface area contributed by atoms with E-state index in [9.17, 15) is 0 Å². The zero-order valence-corrected chi connectivity index (χ0v) is 19.6. The Hall–Kier alpha value is -3.37. The van der Waals surface area contributed by atoms with Crippen LogP contribution in [0.15, 0.2) is 78.9 Å². The Morgan fingerprint density at radius 2 is 1.33 bits per heavy atom. The molecule has 0 aromatic heterocycles. The topological polar surface area (TPSA) is 0 Å². The summed E-state index contributed by atoms with van der Waals surface area (Å²) in [4.78, 5) is 0. The molecular weight excluding hydrogens is 403 g/mol. The maximum atomic E-state index is 15.1. The molecule has 0 amide bonds. The Bertz CT molecular complexity index is 1270. The first-order valence-electron chi connectivity index (χ1n) is 12.0. The summed E-state index contributed by atoms with van der Waals surface area (Å²) in [5, 5.41) is 1.56. The first-order chi connectivity index (χ1) is 16.1. The number of hydrogen-bond donors (Lipinski definition) is 0. The fourth-order valence-electron chi connectivity index (χ4n) is 4.11. The number of hydrogen-bond acceptors (Lipinski definition) is 0. The third kappa shape index (κ3) is 6.11. The lowest BCUT2D eigenvalue weighted by Gasteiger charge is -2.07. The molecule has 0 unspecified atom stereocenters. The lowest BCUT2D eigenvalue weighted by Crippen LogP contribution is -1.93. The minimum atomic E-state index is -0.235. The van der Waals surface area contributed by atoms with Crippen molar-refractivity contribution in [3.8, 4) is 11.8 Å². The van der Waals surface area contributed by atoms with Gasteiger partial charge in [-0.05, 0) is 72.9 Å². The molecule has 4 aromatic rings. The second kappa shape index (κ2) is 11.0. The van der Waals surface area contributed by atoms with Crippen molar-refractivity contribution in [2.45, 2.75) is 52.4 Å². The molecule has 166 valence electrons. The molecule has 33 heavy (non-hydrogen) atoms. The average molecular weight is 435 g/mol. The zero-order valence-electron chi connectivity index (χ0n) is 19.6. The molecule has 0 radical (unpaired) electrons. The molecule has 1 heteroatoms. The Kier molecular flexibility index (Phi) is 7.59. The van der Waals surface area contributed by atoms with E-state index in [4.69, 9.17) is 0 Å². The van der Waals surface area contributed by atoms with E-state index in [-0.39, 0.29) is 5.82 Å². The Labute approximate surface area is 197 Å². The molecule has 0 fully saturated rings. The summed E-state index contributed by atoms with van der Waals surface area (Å²) in [6.45, 7) is 4.32. The molecule has 0 saturated heterocycles. The van der Waals surface area contributed by atoms with E-state index in [0.29, 0.717) is 10.9 Å². The van der Waals surface area contributed by atoms with E-state index in [1.165, 1.54) is 41.5 Å². The SMILES string of the molecule is CCCCCc1ccc(C#Cc2ccc3cc(CCc4ccc(C)cc4)ccc3c2F)cc1. The quantitative estimate of drug-likeness (QED) is 0.203. The van der Waals surface area contributed by atoms with E-state index in [1.807, 2.05) is 30.3 Å². The van der Waals surface area contributed by atoms with Crippen molar-refractivity contribution in [2.75, 3.05) is 0 Å². The standard InChI is InChI=1S/C32H31F/c1-3-4-5-6-25-11-13-27(14-12-25)17-19-29-20-21-30-23-28(18-22-31(30)32(29)33)16-15-26-9-7-24(2)8-10-26/h7-14,18,20-23H,3-6,15-16H2,1-2H3. The predicted octanol–water partition coefficient (Wildman–Crippen LogP) is 8.21. The molecule has 0 aliphatic heterocycles. The number of unbranched alkanes of at least 4 members (excludes halogenated alkanes) is 2. The van der Waals surface area contributed by atoms with Gasteiger partial charge in [-0.3, -0.25) is 0 Å². The molecule has 0 aliphatic carbocycles. The second-order valence-electron chi connectivity index (χ2n) is 8.87. The normalized spacial score (nSPS) is 10.8. The molecule has 0 N–H and O–H groups in total. The van der Waals surface area contributed by atoms with Crippen LogP contribution in [0.1, 0.15) is 59.6 Å². The van der Waals surface area contributed by atoms with Crippen LogP contribution in [0.4, 0.5) is 4.39 Å². The van der Waals surface area contributed by atoms with Gasteiger partial charge in [0.05, 0.1) is 5.56 Å². The first kappa shape index (κ1) is 22.8. The van der Waals surface area contributed by atoms with Gasteiger partial charge >= 0.3 is 0 Å². The van der Waals surface area contributed by atoms with E-state index in [1.54, 1.807) is 6.07 Å². The van der Waals surface area contributed by atoms with Crippen LogP contribution in [0.2, 0.25) is 0 Å². The predicted molar refractivity (Wildman–Crippen MR) is 138 cm³/mol. The van der Waals surface area contributed by atoms with Crippen LogP contribution >= 0.6 is 0 Å². The highest BCUT2D eigenvalue weighted by molar-refractivity contribution is 5.85. The Morgan fingerprint density at radius 3 is 2.09 bits per heavy atom. The minimum absolute atomic E-state index is 0.235. The largest absolute Gasteiger partial charge is 0.205 e. The number of fused-ring (bicyclic) bond motifs is 1. The van der Waals surface area contributed by atoms with E-state index < -0.39 is 0 Å². The summed E-state index contributed by atoms with van der Waals surface area (Å²) in [6, 6.07) is 26.8. The summed E-state index contributed by atoms with van der Waals surface area (Å²) >= 11 is 0. The molecule has 0 bridgehead atoms. The third-order valence-corrected chi connectivity index (χ3v) is 6.21. The maximum Gasteiger partial charge on any atom is 0.146 e. The van der Waals surface area contributed by atoms with Crippen molar-refractivity contribution in [3.05, 3.63) is 118 Å². The van der Waals surface area contributed by atoms with Crippen molar-refractivity contribution in [1.29, 1.82) is 0 Å². The van der Waals surface area contributed by atoms with Gasteiger partial charge in [0.2, 0.25) is 0 Å². The Balaban J connectivity index is 1.46. The van der Waals surface area contributed by atoms with Crippen LogP contribution in [-0.4, -0.2) is 0 Å². The van der Waals surface area contributed by atoms with Crippen LogP contribution < -0.4 is 0 Å². The van der Waals surface area contributed by atoms with Crippen molar-refractivity contribution < 1.29 is 4.39 Å². The fraction of sp³-hybridized carbons (Fsp3) is 0.250. The second-order valence-corrected chi connectivity index (χ2v) is 8.87.